The van der Waals surface area contributed by atoms with Crippen molar-refractivity contribution in [3.8, 4) is 0 Å². The maximum absolute atomic E-state index is 11.4. The first kappa shape index (κ1) is 15.3. The van der Waals surface area contributed by atoms with Crippen LogP contribution in [0.2, 0.25) is 0 Å². The number of ether oxygens (including phenoxy) is 1. The molecule has 0 radical (unpaired) electrons. The third kappa shape index (κ3) is 2.96. The van der Waals surface area contributed by atoms with Gasteiger partial charge in [-0.3, -0.25) is 4.79 Å². The van der Waals surface area contributed by atoms with Crippen LogP contribution < -0.4 is 5.32 Å². The molecule has 2 unspecified atom stereocenters. The van der Waals surface area contributed by atoms with Gasteiger partial charge in [0, 0.05) is 14.0 Å². The Balaban J connectivity index is 3.14. The molecule has 0 bridgehead atoms. The van der Waals surface area contributed by atoms with E-state index in [-0.39, 0.29) is 11.9 Å². The Morgan fingerprint density at radius 3 is 2.61 bits per heavy atom. The van der Waals surface area contributed by atoms with Gasteiger partial charge in [-0.05, 0) is 24.0 Å². The van der Waals surface area contributed by atoms with Crippen LogP contribution in [0.1, 0.15) is 33.6 Å². The van der Waals surface area contributed by atoms with Gasteiger partial charge in [0.1, 0.15) is 0 Å². The zero-order valence-corrected chi connectivity index (χ0v) is 12.3. The fraction of sp³-hybridized carbons (Fsp3) is 0.643. The van der Waals surface area contributed by atoms with Gasteiger partial charge in [0.15, 0.2) is 0 Å². The van der Waals surface area contributed by atoms with Crippen LogP contribution in [0.5, 0.6) is 0 Å². The highest BCUT2D eigenvalue weighted by molar-refractivity contribution is 6.27. The summed E-state index contributed by atoms with van der Waals surface area (Å²) in [5.74, 6) is -0.0588. The van der Waals surface area contributed by atoms with E-state index in [1.54, 1.807) is 7.11 Å². The minimum atomic E-state index is -0.582. The minimum Gasteiger partial charge on any atom is -0.380 e. The predicted molar refractivity (Wildman–Crippen MR) is 74.8 cm³/mol. The van der Waals surface area contributed by atoms with Gasteiger partial charge in [-0.1, -0.05) is 26.0 Å². The van der Waals surface area contributed by atoms with Crippen LogP contribution in [0.15, 0.2) is 23.3 Å². The SMILES string of the molecule is CCC1=CC=C(COC)C(Cl)(CC)C1NC(C)=O. The van der Waals surface area contributed by atoms with E-state index in [1.165, 1.54) is 6.92 Å². The summed E-state index contributed by atoms with van der Waals surface area (Å²) in [6, 6.07) is -0.151. The molecule has 0 saturated carbocycles. The Morgan fingerprint density at radius 2 is 2.17 bits per heavy atom. The maximum atomic E-state index is 11.4. The zero-order chi connectivity index (χ0) is 13.8. The van der Waals surface area contributed by atoms with Gasteiger partial charge in [-0.15, -0.1) is 11.6 Å². The van der Waals surface area contributed by atoms with Gasteiger partial charge in [0.05, 0.1) is 17.5 Å². The number of carbonyl (C=O) groups is 1. The van der Waals surface area contributed by atoms with E-state index in [9.17, 15) is 4.79 Å². The van der Waals surface area contributed by atoms with Crippen LogP contribution in [0.4, 0.5) is 0 Å². The molecule has 0 saturated heterocycles. The van der Waals surface area contributed by atoms with Gasteiger partial charge in [-0.25, -0.2) is 0 Å². The number of rotatable bonds is 5. The standard InChI is InChI=1S/C14H22ClNO2/c1-5-11-7-8-12(9-18-4)14(15,6-2)13(11)16-10(3)17/h7-8,13H,5-6,9H2,1-4H3,(H,16,17). The molecule has 1 aliphatic rings. The van der Waals surface area contributed by atoms with Crippen LogP contribution >= 0.6 is 11.6 Å². The third-order valence-corrected chi connectivity index (χ3v) is 4.16. The molecule has 1 amide bonds. The highest BCUT2D eigenvalue weighted by Crippen LogP contribution is 2.39. The molecule has 0 heterocycles. The van der Waals surface area contributed by atoms with E-state index >= 15 is 0 Å². The molecule has 3 nitrogen and oxygen atoms in total. The lowest BCUT2D eigenvalue weighted by atomic mass is 9.79. The molecule has 102 valence electrons. The number of amides is 1. The van der Waals surface area contributed by atoms with E-state index in [1.807, 2.05) is 19.1 Å². The molecule has 0 aromatic carbocycles. The Labute approximate surface area is 114 Å². The lowest BCUT2D eigenvalue weighted by molar-refractivity contribution is -0.119. The molecular formula is C14H22ClNO2. The Hall–Kier alpha value is -0.800. The molecule has 0 aromatic rings. The van der Waals surface area contributed by atoms with Crippen molar-refractivity contribution in [3.05, 3.63) is 23.3 Å². The number of nitrogens with one attached hydrogen (secondary N) is 1. The average molecular weight is 272 g/mol. The van der Waals surface area contributed by atoms with Crippen molar-refractivity contribution in [1.29, 1.82) is 0 Å². The Morgan fingerprint density at radius 1 is 1.50 bits per heavy atom. The smallest absolute Gasteiger partial charge is 0.217 e. The number of hydrogen-bond acceptors (Lipinski definition) is 2. The normalized spacial score (nSPS) is 27.5. The summed E-state index contributed by atoms with van der Waals surface area (Å²) >= 11 is 6.78. The lowest BCUT2D eigenvalue weighted by Gasteiger charge is -2.40. The zero-order valence-electron chi connectivity index (χ0n) is 11.5. The predicted octanol–water partition coefficient (Wildman–Crippen LogP) is 2.80. The molecular weight excluding hydrogens is 250 g/mol. The second kappa shape index (κ2) is 6.39. The first-order valence-corrected chi connectivity index (χ1v) is 6.72. The van der Waals surface area contributed by atoms with E-state index in [2.05, 4.69) is 12.2 Å². The van der Waals surface area contributed by atoms with Crippen molar-refractivity contribution in [2.45, 2.75) is 44.5 Å². The number of hydrogen-bond donors (Lipinski definition) is 1. The molecule has 0 spiro atoms. The lowest BCUT2D eigenvalue weighted by Crippen LogP contribution is -2.52. The number of methoxy groups -OCH3 is 1. The monoisotopic (exact) mass is 271 g/mol. The Kier molecular flexibility index (Phi) is 5.42. The third-order valence-electron chi connectivity index (χ3n) is 3.43. The van der Waals surface area contributed by atoms with Crippen LogP contribution in [-0.2, 0) is 9.53 Å². The number of alkyl halides is 1. The van der Waals surface area contributed by atoms with Gasteiger partial charge in [0.25, 0.3) is 0 Å². The molecule has 1 N–H and O–H groups in total. The quantitative estimate of drug-likeness (QED) is 0.781. The van der Waals surface area contributed by atoms with Crippen molar-refractivity contribution in [3.63, 3.8) is 0 Å². The Bertz CT molecular complexity index is 376. The molecule has 0 aromatic heterocycles. The first-order valence-electron chi connectivity index (χ1n) is 6.34. The van der Waals surface area contributed by atoms with Crippen molar-refractivity contribution in [1.82, 2.24) is 5.32 Å². The average Bonchev–Trinajstić information content (AvgIpc) is 2.34. The molecule has 1 rings (SSSR count). The van der Waals surface area contributed by atoms with Crippen LogP contribution in [0.25, 0.3) is 0 Å². The van der Waals surface area contributed by atoms with Crippen molar-refractivity contribution >= 4 is 17.5 Å². The van der Waals surface area contributed by atoms with Crippen LogP contribution in [0, 0.1) is 0 Å². The molecule has 18 heavy (non-hydrogen) atoms. The number of allylic oxidation sites excluding steroid dienone is 2. The van der Waals surface area contributed by atoms with Gasteiger partial charge < -0.3 is 10.1 Å². The van der Waals surface area contributed by atoms with Crippen molar-refractivity contribution in [2.24, 2.45) is 0 Å². The van der Waals surface area contributed by atoms with Crippen molar-refractivity contribution in [2.75, 3.05) is 13.7 Å². The highest BCUT2D eigenvalue weighted by Gasteiger charge is 2.42. The summed E-state index contributed by atoms with van der Waals surface area (Å²) in [5, 5.41) is 2.98. The summed E-state index contributed by atoms with van der Waals surface area (Å²) < 4.78 is 5.21. The number of halogens is 1. The largest absolute Gasteiger partial charge is 0.380 e. The topological polar surface area (TPSA) is 38.3 Å². The fourth-order valence-corrected chi connectivity index (χ4v) is 2.72. The van der Waals surface area contributed by atoms with Gasteiger partial charge in [0.2, 0.25) is 5.91 Å². The summed E-state index contributed by atoms with van der Waals surface area (Å²) in [6.45, 7) is 6.11. The van der Waals surface area contributed by atoms with Crippen LogP contribution in [-0.4, -0.2) is 30.5 Å². The second-order valence-electron chi connectivity index (χ2n) is 4.57. The molecule has 0 aliphatic heterocycles. The molecule has 0 fully saturated rings. The van der Waals surface area contributed by atoms with Crippen molar-refractivity contribution < 1.29 is 9.53 Å². The highest BCUT2D eigenvalue weighted by atomic mass is 35.5. The molecule has 2 atom stereocenters. The minimum absolute atomic E-state index is 0.0588. The van der Waals surface area contributed by atoms with E-state index < -0.39 is 4.87 Å². The summed E-state index contributed by atoms with van der Waals surface area (Å²) in [6.07, 6.45) is 5.69. The first-order chi connectivity index (χ1) is 8.49. The fourth-order valence-electron chi connectivity index (χ4n) is 2.41. The number of carbonyl (C=O) groups excluding carboxylic acids is 1. The van der Waals surface area contributed by atoms with Gasteiger partial charge in [-0.2, -0.15) is 0 Å². The summed E-state index contributed by atoms with van der Waals surface area (Å²) in [4.78, 5) is 10.8. The maximum Gasteiger partial charge on any atom is 0.217 e. The van der Waals surface area contributed by atoms with E-state index in [0.29, 0.717) is 6.61 Å². The molecule has 1 aliphatic carbocycles. The van der Waals surface area contributed by atoms with E-state index in [0.717, 1.165) is 24.0 Å². The summed E-state index contributed by atoms with van der Waals surface area (Å²) in [5.41, 5.74) is 2.17. The summed E-state index contributed by atoms with van der Waals surface area (Å²) in [7, 11) is 1.65. The van der Waals surface area contributed by atoms with Gasteiger partial charge >= 0.3 is 0 Å². The van der Waals surface area contributed by atoms with E-state index in [4.69, 9.17) is 16.3 Å². The van der Waals surface area contributed by atoms with Crippen LogP contribution in [0.3, 0.4) is 0 Å². The molecule has 4 heteroatoms. The second-order valence-corrected chi connectivity index (χ2v) is 5.24.